The van der Waals surface area contributed by atoms with Crippen LogP contribution >= 0.6 is 0 Å². The lowest BCUT2D eigenvalue weighted by Gasteiger charge is -2.32. The van der Waals surface area contributed by atoms with E-state index in [1.54, 1.807) is 6.92 Å². The number of nitrogens with zero attached hydrogens (tertiary/aromatic N) is 2. The number of ether oxygens (including phenoxy) is 1. The maximum absolute atomic E-state index is 12.5. The minimum atomic E-state index is -3.73. The summed E-state index contributed by atoms with van der Waals surface area (Å²) in [6, 6.07) is -0.743. The van der Waals surface area contributed by atoms with Crippen LogP contribution in [0.2, 0.25) is 0 Å². The van der Waals surface area contributed by atoms with Crippen molar-refractivity contribution < 1.29 is 17.9 Å². The topological polar surface area (TPSA) is 92.4 Å². The van der Waals surface area contributed by atoms with E-state index in [0.29, 0.717) is 18.8 Å². The van der Waals surface area contributed by atoms with E-state index in [1.807, 2.05) is 0 Å². The molecule has 0 spiro atoms. The van der Waals surface area contributed by atoms with Crippen LogP contribution in [0.1, 0.15) is 25.1 Å². The largest absolute Gasteiger partial charge is 0.468 e. The number of hydrogen-bond donors (Lipinski definition) is 1. The lowest BCUT2D eigenvalue weighted by atomic mass is 10.1. The molecule has 1 aliphatic rings. The molecule has 1 aromatic heterocycles. The molecule has 0 saturated carbocycles. The SMILES string of the molecule is COC(=O)[C@H]1CCCCN1S(=O)(=O)c1cnc(C)[nH]1. The quantitative estimate of drug-likeness (QED) is 0.814. The van der Waals surface area contributed by atoms with Gasteiger partial charge in [-0.2, -0.15) is 4.31 Å². The van der Waals surface area contributed by atoms with Crippen molar-refractivity contribution >= 4 is 16.0 Å². The number of hydrogen-bond acceptors (Lipinski definition) is 5. The number of aromatic amines is 1. The number of carbonyl (C=O) groups excluding carboxylic acids is 1. The first-order valence-corrected chi connectivity index (χ1v) is 7.52. The molecule has 0 aliphatic carbocycles. The van der Waals surface area contributed by atoms with Gasteiger partial charge in [-0.25, -0.2) is 13.4 Å². The Morgan fingerprint density at radius 1 is 1.53 bits per heavy atom. The highest BCUT2D eigenvalue weighted by Crippen LogP contribution is 2.25. The van der Waals surface area contributed by atoms with Gasteiger partial charge in [0.25, 0.3) is 10.0 Å². The van der Waals surface area contributed by atoms with Gasteiger partial charge in [-0.15, -0.1) is 0 Å². The van der Waals surface area contributed by atoms with E-state index in [1.165, 1.54) is 17.6 Å². The van der Waals surface area contributed by atoms with Crippen LogP contribution in [0.15, 0.2) is 11.2 Å². The van der Waals surface area contributed by atoms with Gasteiger partial charge < -0.3 is 9.72 Å². The Bertz CT molecular complexity index is 566. The lowest BCUT2D eigenvalue weighted by molar-refractivity contribution is -0.146. The molecular formula is C11H17N3O4S. The molecule has 0 bridgehead atoms. The molecule has 1 saturated heterocycles. The monoisotopic (exact) mass is 287 g/mol. The standard InChI is InChI=1S/C11H17N3O4S/c1-8-12-7-10(13-8)19(16,17)14-6-4-3-5-9(14)11(15)18-2/h7,9H,3-6H2,1-2H3,(H,12,13)/t9-/m1/s1. The maximum atomic E-state index is 12.5. The summed E-state index contributed by atoms with van der Waals surface area (Å²) in [4.78, 5) is 18.3. The van der Waals surface area contributed by atoms with E-state index in [9.17, 15) is 13.2 Å². The van der Waals surface area contributed by atoms with Crippen molar-refractivity contribution in [2.45, 2.75) is 37.3 Å². The number of H-pyrrole nitrogens is 1. The van der Waals surface area contributed by atoms with Gasteiger partial charge in [0.15, 0.2) is 5.03 Å². The number of methoxy groups -OCH3 is 1. The third-order valence-corrected chi connectivity index (χ3v) is 5.01. The predicted octanol–water partition coefficient (Wildman–Crippen LogP) is 0.434. The summed E-state index contributed by atoms with van der Waals surface area (Å²) in [5.74, 6) is 0.00437. The molecule has 0 unspecified atom stereocenters. The molecule has 19 heavy (non-hydrogen) atoms. The lowest BCUT2D eigenvalue weighted by Crippen LogP contribution is -2.48. The molecule has 2 heterocycles. The van der Waals surface area contributed by atoms with Gasteiger partial charge in [-0.1, -0.05) is 0 Å². The number of nitrogens with one attached hydrogen (secondary N) is 1. The van der Waals surface area contributed by atoms with Crippen molar-refractivity contribution in [2.24, 2.45) is 0 Å². The fourth-order valence-corrected chi connectivity index (χ4v) is 3.83. The van der Waals surface area contributed by atoms with E-state index >= 15 is 0 Å². The van der Waals surface area contributed by atoms with Crippen LogP contribution in [-0.4, -0.2) is 48.4 Å². The van der Waals surface area contributed by atoms with Crippen LogP contribution in [0.4, 0.5) is 0 Å². The van der Waals surface area contributed by atoms with Gasteiger partial charge >= 0.3 is 5.97 Å². The summed E-state index contributed by atoms with van der Waals surface area (Å²) in [5.41, 5.74) is 0. The molecule has 2 rings (SSSR count). The Labute approximate surface area is 112 Å². The van der Waals surface area contributed by atoms with Crippen molar-refractivity contribution in [1.29, 1.82) is 0 Å². The first-order valence-electron chi connectivity index (χ1n) is 6.08. The first kappa shape index (κ1) is 14.0. The molecule has 106 valence electrons. The third kappa shape index (κ3) is 2.64. The summed E-state index contributed by atoms with van der Waals surface area (Å²) < 4.78 is 30.8. The molecule has 1 aliphatic heterocycles. The zero-order valence-electron chi connectivity index (χ0n) is 10.9. The zero-order valence-corrected chi connectivity index (χ0v) is 11.7. The van der Waals surface area contributed by atoms with Gasteiger partial charge in [0.1, 0.15) is 11.9 Å². The van der Waals surface area contributed by atoms with E-state index in [2.05, 4.69) is 14.7 Å². The van der Waals surface area contributed by atoms with Crippen LogP contribution in [0, 0.1) is 6.92 Å². The predicted molar refractivity (Wildman–Crippen MR) is 66.9 cm³/mol. The molecule has 1 fully saturated rings. The van der Waals surface area contributed by atoms with Crippen LogP contribution in [-0.2, 0) is 19.6 Å². The number of carbonyl (C=O) groups is 1. The molecular weight excluding hydrogens is 270 g/mol. The molecule has 0 radical (unpaired) electrons. The van der Waals surface area contributed by atoms with E-state index in [0.717, 1.165) is 12.8 Å². The second-order valence-electron chi connectivity index (χ2n) is 4.48. The van der Waals surface area contributed by atoms with Crippen molar-refractivity contribution in [3.63, 3.8) is 0 Å². The number of esters is 1. The number of aromatic nitrogens is 2. The average molecular weight is 287 g/mol. The van der Waals surface area contributed by atoms with Gasteiger partial charge in [-0.05, 0) is 26.2 Å². The van der Waals surface area contributed by atoms with Crippen LogP contribution < -0.4 is 0 Å². The minimum Gasteiger partial charge on any atom is -0.468 e. The zero-order chi connectivity index (χ0) is 14.0. The van der Waals surface area contributed by atoms with Crippen LogP contribution in [0.25, 0.3) is 0 Å². The van der Waals surface area contributed by atoms with Crippen LogP contribution in [0.3, 0.4) is 0 Å². The second kappa shape index (κ2) is 5.30. The molecule has 1 aromatic rings. The number of piperidine rings is 1. The van der Waals surface area contributed by atoms with Crippen molar-refractivity contribution in [2.75, 3.05) is 13.7 Å². The first-order chi connectivity index (χ1) is 8.96. The van der Waals surface area contributed by atoms with E-state index in [-0.39, 0.29) is 5.03 Å². The number of sulfonamides is 1. The maximum Gasteiger partial charge on any atom is 0.324 e. The molecule has 0 aromatic carbocycles. The molecule has 8 heteroatoms. The van der Waals surface area contributed by atoms with Gasteiger partial charge in [0.2, 0.25) is 0 Å². The molecule has 1 atom stereocenters. The van der Waals surface area contributed by atoms with E-state index < -0.39 is 22.0 Å². The van der Waals surface area contributed by atoms with Gasteiger partial charge in [0, 0.05) is 6.54 Å². The Morgan fingerprint density at radius 3 is 2.84 bits per heavy atom. The fraction of sp³-hybridized carbons (Fsp3) is 0.636. The van der Waals surface area contributed by atoms with Crippen LogP contribution in [0.5, 0.6) is 0 Å². The fourth-order valence-electron chi connectivity index (χ4n) is 2.22. The Morgan fingerprint density at radius 2 is 2.26 bits per heavy atom. The Kier molecular flexibility index (Phi) is 3.91. The third-order valence-electron chi connectivity index (χ3n) is 3.19. The van der Waals surface area contributed by atoms with Crippen molar-refractivity contribution in [1.82, 2.24) is 14.3 Å². The van der Waals surface area contributed by atoms with Crippen molar-refractivity contribution in [3.8, 4) is 0 Å². The Balaban J connectivity index is 2.34. The minimum absolute atomic E-state index is 0.0146. The van der Waals surface area contributed by atoms with Gasteiger partial charge in [0.05, 0.1) is 13.3 Å². The smallest absolute Gasteiger partial charge is 0.324 e. The Hall–Kier alpha value is -1.41. The summed E-state index contributed by atoms with van der Waals surface area (Å²) in [5, 5.41) is 0.0146. The normalized spacial score (nSPS) is 21.3. The molecule has 1 N–H and O–H groups in total. The highest BCUT2D eigenvalue weighted by atomic mass is 32.2. The summed E-state index contributed by atoms with van der Waals surface area (Å²) in [6.07, 6.45) is 3.31. The molecule has 7 nitrogen and oxygen atoms in total. The van der Waals surface area contributed by atoms with E-state index in [4.69, 9.17) is 0 Å². The number of aryl methyl sites for hydroxylation is 1. The number of rotatable bonds is 3. The summed E-state index contributed by atoms with van der Waals surface area (Å²) in [7, 11) is -2.47. The number of imidazole rings is 1. The summed E-state index contributed by atoms with van der Waals surface area (Å²) >= 11 is 0. The summed E-state index contributed by atoms with van der Waals surface area (Å²) in [6.45, 7) is 1.99. The average Bonchev–Trinajstić information content (AvgIpc) is 2.85. The highest BCUT2D eigenvalue weighted by molar-refractivity contribution is 7.89. The molecule has 0 amide bonds. The highest BCUT2D eigenvalue weighted by Gasteiger charge is 2.39. The van der Waals surface area contributed by atoms with Gasteiger partial charge in [-0.3, -0.25) is 4.79 Å². The van der Waals surface area contributed by atoms with Crippen molar-refractivity contribution in [3.05, 3.63) is 12.0 Å². The second-order valence-corrected chi connectivity index (χ2v) is 6.34.